The van der Waals surface area contributed by atoms with Crippen LogP contribution in [0.4, 0.5) is 0 Å². The first-order valence-electron chi connectivity index (χ1n) is 6.17. The highest BCUT2D eigenvalue weighted by atomic mass is 16.5. The number of benzene rings is 2. The van der Waals surface area contributed by atoms with Crippen LogP contribution < -0.4 is 4.74 Å². The van der Waals surface area contributed by atoms with Gasteiger partial charge in [0, 0.05) is 11.6 Å². The zero-order valence-electron chi connectivity index (χ0n) is 10.7. The van der Waals surface area contributed by atoms with E-state index in [0.717, 1.165) is 23.1 Å². The molecular weight excluding hydrogens is 236 g/mol. The smallest absolute Gasteiger partial charge is 0.119 e. The Labute approximate surface area is 111 Å². The van der Waals surface area contributed by atoms with E-state index in [9.17, 15) is 0 Å². The van der Waals surface area contributed by atoms with Crippen molar-refractivity contribution in [1.29, 1.82) is 0 Å². The molecule has 3 aromatic rings. The molecule has 0 unspecified atom stereocenters. The van der Waals surface area contributed by atoms with Crippen molar-refractivity contribution in [2.75, 3.05) is 7.11 Å². The fourth-order valence-electron chi connectivity index (χ4n) is 2.16. The lowest BCUT2D eigenvalue weighted by Crippen LogP contribution is -1.91. The Bertz CT molecular complexity index is 710. The van der Waals surface area contributed by atoms with E-state index < -0.39 is 0 Å². The lowest BCUT2D eigenvalue weighted by atomic mass is 10.0. The molecule has 0 saturated carbocycles. The Morgan fingerprint density at radius 1 is 1.05 bits per heavy atom. The van der Waals surface area contributed by atoms with E-state index in [2.05, 4.69) is 34.2 Å². The van der Waals surface area contributed by atoms with Crippen molar-refractivity contribution in [2.24, 2.45) is 0 Å². The number of nitrogens with zero attached hydrogens (tertiary/aromatic N) is 2. The molecule has 0 atom stereocenters. The third-order valence-electron chi connectivity index (χ3n) is 3.11. The molecule has 3 nitrogen and oxygen atoms in total. The van der Waals surface area contributed by atoms with Crippen LogP contribution in [0.3, 0.4) is 0 Å². The molecule has 0 spiro atoms. The molecule has 1 heterocycles. The van der Waals surface area contributed by atoms with Gasteiger partial charge in [-0.2, -0.15) is 0 Å². The van der Waals surface area contributed by atoms with Gasteiger partial charge in [0.05, 0.1) is 12.6 Å². The number of hydrogen-bond donors (Lipinski definition) is 0. The van der Waals surface area contributed by atoms with Crippen molar-refractivity contribution in [3.63, 3.8) is 0 Å². The number of fused-ring (bicyclic) bond motifs is 1. The average molecular weight is 250 g/mol. The summed E-state index contributed by atoms with van der Waals surface area (Å²) in [5, 5.41) is 1.07. The van der Waals surface area contributed by atoms with E-state index in [1.54, 1.807) is 13.4 Å². The summed E-state index contributed by atoms with van der Waals surface area (Å²) in [4.78, 5) is 8.28. The summed E-state index contributed by atoms with van der Waals surface area (Å²) in [6, 6.07) is 14.4. The minimum Gasteiger partial charge on any atom is -0.497 e. The Morgan fingerprint density at radius 3 is 2.84 bits per heavy atom. The van der Waals surface area contributed by atoms with Gasteiger partial charge in [0.2, 0.25) is 0 Å². The molecule has 19 heavy (non-hydrogen) atoms. The fourth-order valence-corrected chi connectivity index (χ4v) is 2.16. The maximum absolute atomic E-state index is 5.24. The molecule has 94 valence electrons. The van der Waals surface area contributed by atoms with Gasteiger partial charge in [0.15, 0.2) is 0 Å². The standard InChI is InChI=1S/C16H14N2O/c1-19-15-4-2-3-12(9-15)7-13-5-6-16-14(8-13)10-17-11-18-16/h2-6,8-11H,7H2,1H3. The highest BCUT2D eigenvalue weighted by molar-refractivity contribution is 5.78. The topological polar surface area (TPSA) is 35.0 Å². The first-order valence-corrected chi connectivity index (χ1v) is 6.17. The van der Waals surface area contributed by atoms with Crippen LogP contribution >= 0.6 is 0 Å². The normalized spacial score (nSPS) is 10.6. The van der Waals surface area contributed by atoms with Crippen molar-refractivity contribution < 1.29 is 4.74 Å². The maximum atomic E-state index is 5.24. The second-order valence-corrected chi connectivity index (χ2v) is 4.44. The minimum atomic E-state index is 0.877. The van der Waals surface area contributed by atoms with E-state index in [1.165, 1.54) is 11.1 Å². The zero-order valence-corrected chi connectivity index (χ0v) is 10.7. The van der Waals surface area contributed by atoms with Gasteiger partial charge in [0.25, 0.3) is 0 Å². The summed E-state index contributed by atoms with van der Waals surface area (Å²) in [7, 11) is 1.69. The average Bonchev–Trinajstić information content (AvgIpc) is 2.47. The van der Waals surface area contributed by atoms with Crippen LogP contribution in [0.5, 0.6) is 5.75 Å². The van der Waals surface area contributed by atoms with Gasteiger partial charge in [-0.15, -0.1) is 0 Å². The molecule has 0 radical (unpaired) electrons. The molecule has 3 rings (SSSR count). The Kier molecular flexibility index (Phi) is 3.11. The molecule has 0 aliphatic heterocycles. The third kappa shape index (κ3) is 2.55. The molecule has 0 fully saturated rings. The Hall–Kier alpha value is -2.42. The lowest BCUT2D eigenvalue weighted by Gasteiger charge is -2.05. The Balaban J connectivity index is 1.92. The second-order valence-electron chi connectivity index (χ2n) is 4.44. The summed E-state index contributed by atoms with van der Waals surface area (Å²) in [6.45, 7) is 0. The predicted molar refractivity (Wildman–Crippen MR) is 75.3 cm³/mol. The monoisotopic (exact) mass is 250 g/mol. The van der Waals surface area contributed by atoms with Crippen molar-refractivity contribution in [1.82, 2.24) is 9.97 Å². The second kappa shape index (κ2) is 5.06. The van der Waals surface area contributed by atoms with E-state index in [-0.39, 0.29) is 0 Å². The molecule has 0 saturated heterocycles. The largest absolute Gasteiger partial charge is 0.497 e. The van der Waals surface area contributed by atoms with Crippen LogP contribution in [-0.2, 0) is 6.42 Å². The summed E-state index contributed by atoms with van der Waals surface area (Å²) < 4.78 is 5.24. The van der Waals surface area contributed by atoms with Gasteiger partial charge >= 0.3 is 0 Å². The van der Waals surface area contributed by atoms with E-state index in [1.807, 2.05) is 24.4 Å². The van der Waals surface area contributed by atoms with Crippen LogP contribution in [0.2, 0.25) is 0 Å². The predicted octanol–water partition coefficient (Wildman–Crippen LogP) is 3.23. The van der Waals surface area contributed by atoms with Crippen molar-refractivity contribution in [3.8, 4) is 5.75 Å². The SMILES string of the molecule is COc1cccc(Cc2ccc3ncncc3c2)c1. The number of rotatable bonds is 3. The third-order valence-corrected chi connectivity index (χ3v) is 3.11. The summed E-state index contributed by atoms with van der Waals surface area (Å²) in [6.07, 6.45) is 4.30. The lowest BCUT2D eigenvalue weighted by molar-refractivity contribution is 0.414. The number of methoxy groups -OCH3 is 1. The minimum absolute atomic E-state index is 0.877. The summed E-state index contributed by atoms with van der Waals surface area (Å²) >= 11 is 0. The van der Waals surface area contributed by atoms with Crippen LogP contribution in [0.25, 0.3) is 10.9 Å². The fraction of sp³-hybridized carbons (Fsp3) is 0.125. The van der Waals surface area contributed by atoms with Crippen LogP contribution in [0.15, 0.2) is 55.0 Å². The molecular formula is C16H14N2O. The summed E-state index contributed by atoms with van der Waals surface area (Å²) in [5.41, 5.74) is 3.45. The number of ether oxygens (including phenoxy) is 1. The van der Waals surface area contributed by atoms with Crippen molar-refractivity contribution in [2.45, 2.75) is 6.42 Å². The van der Waals surface area contributed by atoms with Crippen LogP contribution in [0.1, 0.15) is 11.1 Å². The van der Waals surface area contributed by atoms with Crippen molar-refractivity contribution in [3.05, 3.63) is 66.1 Å². The maximum Gasteiger partial charge on any atom is 0.119 e. The number of aromatic nitrogens is 2. The van der Waals surface area contributed by atoms with E-state index in [0.29, 0.717) is 0 Å². The highest BCUT2D eigenvalue weighted by Crippen LogP contribution is 2.18. The van der Waals surface area contributed by atoms with E-state index in [4.69, 9.17) is 4.74 Å². The van der Waals surface area contributed by atoms with Gasteiger partial charge < -0.3 is 4.74 Å². The molecule has 0 N–H and O–H groups in total. The first-order chi connectivity index (χ1) is 9.35. The van der Waals surface area contributed by atoms with Gasteiger partial charge in [0.1, 0.15) is 12.1 Å². The molecule has 2 aromatic carbocycles. The molecule has 0 bridgehead atoms. The van der Waals surface area contributed by atoms with E-state index >= 15 is 0 Å². The molecule has 3 heteroatoms. The van der Waals surface area contributed by atoms with Crippen LogP contribution in [-0.4, -0.2) is 17.1 Å². The van der Waals surface area contributed by atoms with Gasteiger partial charge in [-0.05, 0) is 41.8 Å². The summed E-state index contributed by atoms with van der Waals surface area (Å²) in [5.74, 6) is 0.890. The zero-order chi connectivity index (χ0) is 13.1. The molecule has 0 aliphatic rings. The van der Waals surface area contributed by atoms with Gasteiger partial charge in [-0.3, -0.25) is 0 Å². The molecule has 0 aliphatic carbocycles. The molecule has 1 aromatic heterocycles. The Morgan fingerprint density at radius 2 is 1.95 bits per heavy atom. The van der Waals surface area contributed by atoms with Gasteiger partial charge in [-0.25, -0.2) is 9.97 Å². The first kappa shape index (κ1) is 11.7. The molecule has 0 amide bonds. The van der Waals surface area contributed by atoms with Crippen molar-refractivity contribution >= 4 is 10.9 Å². The number of hydrogen-bond acceptors (Lipinski definition) is 3. The highest BCUT2D eigenvalue weighted by Gasteiger charge is 2.01. The quantitative estimate of drug-likeness (QED) is 0.715. The van der Waals surface area contributed by atoms with Crippen LogP contribution in [0, 0.1) is 0 Å². The van der Waals surface area contributed by atoms with Gasteiger partial charge in [-0.1, -0.05) is 18.2 Å².